The van der Waals surface area contributed by atoms with Gasteiger partial charge in [0.15, 0.2) is 0 Å². The maximum atomic E-state index is 3.33. The molecule has 1 heteroatoms. The van der Waals surface area contributed by atoms with E-state index in [0.717, 1.165) is 5.56 Å². The van der Waals surface area contributed by atoms with Gasteiger partial charge in [-0.15, -0.1) is 0 Å². The van der Waals surface area contributed by atoms with Crippen LogP contribution in [0.5, 0.6) is 0 Å². The van der Waals surface area contributed by atoms with Gasteiger partial charge >= 0.3 is 0 Å². The molecule has 76 valence electrons. The van der Waals surface area contributed by atoms with Crippen molar-refractivity contribution in [2.45, 2.75) is 13.8 Å². The predicted octanol–water partition coefficient (Wildman–Crippen LogP) is 3.31. The molecule has 0 radical (unpaired) electrons. The molecule has 0 aromatic heterocycles. The van der Waals surface area contributed by atoms with Crippen molar-refractivity contribution in [1.29, 1.82) is 0 Å². The third-order valence-electron chi connectivity index (χ3n) is 1.72. The average Bonchev–Trinajstić information content (AvgIpc) is 1.97. The molecule has 0 saturated heterocycles. The summed E-state index contributed by atoms with van der Waals surface area (Å²) >= 11 is 0. The molecular weight excluding hydrogens is 188 g/mol. The lowest BCUT2D eigenvalue weighted by molar-refractivity contribution is 1.37. The van der Waals surface area contributed by atoms with E-state index in [1.54, 1.807) is 0 Å². The van der Waals surface area contributed by atoms with Gasteiger partial charge < -0.3 is 0 Å². The minimum Gasteiger partial charge on any atom is -0.186 e. The van der Waals surface area contributed by atoms with Crippen LogP contribution < -0.4 is 0 Å². The quantitative estimate of drug-likeness (QED) is 0.571. The first-order valence-corrected chi connectivity index (χ1v) is 7.52. The van der Waals surface area contributed by atoms with Crippen LogP contribution in [0.1, 0.15) is 16.7 Å². The van der Waals surface area contributed by atoms with Crippen molar-refractivity contribution in [3.05, 3.63) is 34.9 Å². The summed E-state index contributed by atoms with van der Waals surface area (Å²) < 4.78 is 0. The van der Waals surface area contributed by atoms with Gasteiger partial charge in [-0.05, 0) is 61.1 Å². The second kappa shape index (κ2) is 4.11. The van der Waals surface area contributed by atoms with Crippen LogP contribution >= 0.6 is 10.0 Å². The van der Waals surface area contributed by atoms with Gasteiger partial charge in [-0.3, -0.25) is 0 Å². The Morgan fingerprint density at radius 1 is 0.929 bits per heavy atom. The Morgan fingerprint density at radius 2 is 1.43 bits per heavy atom. The molecule has 0 amide bonds. The van der Waals surface area contributed by atoms with Crippen LogP contribution in [0.15, 0.2) is 18.2 Å². The summed E-state index contributed by atoms with van der Waals surface area (Å²) in [5.41, 5.74) is 3.72. The molecular formula is C13H18S. The molecule has 14 heavy (non-hydrogen) atoms. The minimum atomic E-state index is -0.709. The largest absolute Gasteiger partial charge is 0.186 e. The van der Waals surface area contributed by atoms with Crippen molar-refractivity contribution >= 4 is 10.0 Å². The maximum Gasteiger partial charge on any atom is 0.0259 e. The molecule has 0 unspecified atom stereocenters. The zero-order valence-corrected chi connectivity index (χ0v) is 10.5. The molecule has 0 bridgehead atoms. The van der Waals surface area contributed by atoms with E-state index in [1.165, 1.54) is 11.1 Å². The van der Waals surface area contributed by atoms with E-state index in [9.17, 15) is 0 Å². The van der Waals surface area contributed by atoms with E-state index < -0.39 is 10.0 Å². The molecule has 0 aliphatic rings. The topological polar surface area (TPSA) is 0 Å². The summed E-state index contributed by atoms with van der Waals surface area (Å²) in [4.78, 5) is 0. The Balaban J connectivity index is 3.02. The van der Waals surface area contributed by atoms with E-state index in [0.29, 0.717) is 0 Å². The number of hydrogen-bond acceptors (Lipinski definition) is 0. The second-order valence-corrected chi connectivity index (χ2v) is 8.32. The number of aryl methyl sites for hydroxylation is 2. The molecule has 0 aliphatic heterocycles. The van der Waals surface area contributed by atoms with Crippen LogP contribution in [0.4, 0.5) is 0 Å². The van der Waals surface area contributed by atoms with Crippen LogP contribution in [0.2, 0.25) is 0 Å². The Labute approximate surface area is 89.0 Å². The van der Waals surface area contributed by atoms with Crippen molar-refractivity contribution in [3.8, 4) is 11.2 Å². The van der Waals surface area contributed by atoms with Gasteiger partial charge in [-0.25, -0.2) is 0 Å². The summed E-state index contributed by atoms with van der Waals surface area (Å²) in [5, 5.41) is 3.33. The lowest BCUT2D eigenvalue weighted by Gasteiger charge is -2.14. The lowest BCUT2D eigenvalue weighted by atomic mass is 10.1. The first kappa shape index (κ1) is 11.2. The lowest BCUT2D eigenvalue weighted by Crippen LogP contribution is -1.86. The van der Waals surface area contributed by atoms with Gasteiger partial charge in [0, 0.05) is 5.56 Å². The van der Waals surface area contributed by atoms with E-state index in [4.69, 9.17) is 0 Å². The van der Waals surface area contributed by atoms with Crippen LogP contribution in [-0.4, -0.2) is 18.8 Å². The Morgan fingerprint density at radius 3 is 1.86 bits per heavy atom. The summed E-state index contributed by atoms with van der Waals surface area (Å²) in [6, 6.07) is 6.46. The smallest absolute Gasteiger partial charge is 0.0259 e. The Kier molecular flexibility index (Phi) is 3.29. The highest BCUT2D eigenvalue weighted by Crippen LogP contribution is 2.32. The molecule has 1 aromatic rings. The number of rotatable bonds is 0. The third kappa shape index (κ3) is 3.89. The number of benzene rings is 1. The summed E-state index contributed by atoms with van der Waals surface area (Å²) in [5.74, 6) is 3.25. The van der Waals surface area contributed by atoms with Crippen LogP contribution in [-0.2, 0) is 0 Å². The van der Waals surface area contributed by atoms with Crippen molar-refractivity contribution in [3.63, 3.8) is 0 Å². The molecule has 1 aromatic carbocycles. The highest BCUT2D eigenvalue weighted by Gasteiger charge is 1.97. The Hall–Kier alpha value is -0.870. The van der Waals surface area contributed by atoms with E-state index in [1.807, 2.05) is 0 Å². The van der Waals surface area contributed by atoms with Gasteiger partial charge in [0.1, 0.15) is 0 Å². The zero-order chi connectivity index (χ0) is 10.8. The normalized spacial score (nSPS) is 11.8. The predicted molar refractivity (Wildman–Crippen MR) is 68.2 cm³/mol. The molecule has 0 N–H and O–H groups in total. The van der Waals surface area contributed by atoms with Crippen LogP contribution in [0.3, 0.4) is 0 Å². The molecule has 0 aliphatic carbocycles. The zero-order valence-electron chi connectivity index (χ0n) is 9.64. The van der Waals surface area contributed by atoms with E-state index >= 15 is 0 Å². The van der Waals surface area contributed by atoms with Gasteiger partial charge in [-0.2, -0.15) is 10.0 Å². The first-order valence-electron chi connectivity index (χ1n) is 4.66. The summed E-state index contributed by atoms with van der Waals surface area (Å²) in [6.45, 7) is 4.23. The standard InChI is InChI=1S/C13H18S/c1-11-8-12(2)10-13(9-11)6-7-14(3,4)5/h8-10H,1-5H3. The van der Waals surface area contributed by atoms with Crippen molar-refractivity contribution in [2.75, 3.05) is 18.8 Å². The summed E-state index contributed by atoms with van der Waals surface area (Å²) in [7, 11) is -0.709. The SMILES string of the molecule is Cc1cc(C)cc(C#CS(C)(C)C)c1. The van der Waals surface area contributed by atoms with Crippen molar-refractivity contribution in [1.82, 2.24) is 0 Å². The van der Waals surface area contributed by atoms with Gasteiger partial charge in [0.2, 0.25) is 0 Å². The fourth-order valence-electron chi connectivity index (χ4n) is 1.26. The highest BCUT2D eigenvalue weighted by atomic mass is 32.3. The number of hydrogen-bond donors (Lipinski definition) is 0. The van der Waals surface area contributed by atoms with Crippen molar-refractivity contribution in [2.24, 2.45) is 0 Å². The van der Waals surface area contributed by atoms with E-state index in [-0.39, 0.29) is 0 Å². The molecule has 0 saturated carbocycles. The minimum absolute atomic E-state index is 0.709. The van der Waals surface area contributed by atoms with Crippen LogP contribution in [0, 0.1) is 25.0 Å². The molecule has 0 atom stereocenters. The molecule has 0 heterocycles. The first-order chi connectivity index (χ1) is 6.37. The average molecular weight is 206 g/mol. The molecule has 1 rings (SSSR count). The fraction of sp³-hybridized carbons (Fsp3) is 0.385. The fourth-order valence-corrected chi connectivity index (χ4v) is 1.68. The summed E-state index contributed by atoms with van der Waals surface area (Å²) in [6.07, 6.45) is 6.63. The van der Waals surface area contributed by atoms with Crippen molar-refractivity contribution < 1.29 is 0 Å². The van der Waals surface area contributed by atoms with Gasteiger partial charge in [0.25, 0.3) is 0 Å². The molecule has 0 nitrogen and oxygen atoms in total. The third-order valence-corrected chi connectivity index (χ3v) is 2.44. The van der Waals surface area contributed by atoms with Gasteiger partial charge in [0.05, 0.1) is 0 Å². The highest BCUT2D eigenvalue weighted by molar-refractivity contribution is 8.35. The second-order valence-electron chi connectivity index (χ2n) is 4.44. The Bertz CT molecular complexity index is 366. The maximum absolute atomic E-state index is 3.33. The monoisotopic (exact) mass is 206 g/mol. The van der Waals surface area contributed by atoms with E-state index in [2.05, 4.69) is 62.0 Å². The molecule has 0 spiro atoms. The van der Waals surface area contributed by atoms with Gasteiger partial charge in [-0.1, -0.05) is 12.0 Å². The molecule has 0 fully saturated rings. The van der Waals surface area contributed by atoms with Crippen LogP contribution in [0.25, 0.3) is 0 Å².